The summed E-state index contributed by atoms with van der Waals surface area (Å²) < 4.78 is 10.2. The maximum absolute atomic E-state index is 13.2. The third kappa shape index (κ3) is 6.19. The monoisotopic (exact) mass is 480 g/mol. The molecule has 2 atom stereocenters. The van der Waals surface area contributed by atoms with E-state index >= 15 is 0 Å². The molecule has 4 aliphatic rings. The van der Waals surface area contributed by atoms with Crippen LogP contribution in [0.2, 0.25) is 0 Å². The van der Waals surface area contributed by atoms with E-state index in [2.05, 4.69) is 46.0 Å². The molecule has 4 aliphatic heterocycles. The normalized spacial score (nSPS) is 24.4. The van der Waals surface area contributed by atoms with Crippen LogP contribution in [-0.2, 0) is 25.5 Å². The second kappa shape index (κ2) is 11.8. The number of aliphatic carboxylic acids is 1. The Kier molecular flexibility index (Phi) is 8.36. The number of carboxylic acid groups (broad SMARTS) is 1. The number of hydrogen-bond acceptors (Lipinski definition) is 6. The fourth-order valence-electron chi connectivity index (χ4n) is 5.19. The van der Waals surface area contributed by atoms with Gasteiger partial charge in [-0.15, -0.1) is 0 Å². The fraction of sp³-hybridized carbons (Fsp3) is 0.444. The Hall–Kier alpha value is -3.39. The molecule has 0 aromatic heterocycles. The van der Waals surface area contributed by atoms with Crippen molar-refractivity contribution in [3.05, 3.63) is 71.3 Å². The largest absolute Gasteiger partial charge is 0.481 e. The Morgan fingerprint density at radius 1 is 1.00 bits per heavy atom. The Morgan fingerprint density at radius 3 is 2.37 bits per heavy atom. The molecule has 8 heteroatoms. The Labute approximate surface area is 205 Å². The number of amides is 1. The molecule has 1 amide bonds. The van der Waals surface area contributed by atoms with E-state index in [0.29, 0.717) is 12.5 Å². The molecule has 0 aliphatic carbocycles. The summed E-state index contributed by atoms with van der Waals surface area (Å²) in [5.74, 6) is -0.432. The van der Waals surface area contributed by atoms with Crippen molar-refractivity contribution >= 4 is 18.5 Å². The maximum atomic E-state index is 13.2. The van der Waals surface area contributed by atoms with Crippen LogP contribution in [0.15, 0.2) is 54.6 Å². The summed E-state index contributed by atoms with van der Waals surface area (Å²) in [5, 5.41) is 7.94. The lowest BCUT2D eigenvalue weighted by Gasteiger charge is -2.45. The predicted octanol–water partition coefficient (Wildman–Crippen LogP) is 3.50. The minimum Gasteiger partial charge on any atom is -0.481 e. The van der Waals surface area contributed by atoms with Gasteiger partial charge in [0.25, 0.3) is 6.47 Å². The standard InChI is InChI=1S/C23H26N2O2.C4H6O4/c26-23(27-21-16-24-13-10-18(21)11-14-24)25-15-12-17-6-4-5-9-20(17)22(25)19-7-2-1-3-8-19;5-3-8-2-1-4(6)7/h1-9,18,21-22H,10-16H2;3H,1-2H2,(H,6,7). The molecule has 35 heavy (non-hydrogen) atoms. The molecule has 186 valence electrons. The van der Waals surface area contributed by atoms with Gasteiger partial charge in [0, 0.05) is 13.1 Å². The highest BCUT2D eigenvalue weighted by molar-refractivity contribution is 5.70. The summed E-state index contributed by atoms with van der Waals surface area (Å²) in [5.41, 5.74) is 3.70. The second-order valence-corrected chi connectivity index (χ2v) is 9.13. The van der Waals surface area contributed by atoms with Crippen LogP contribution in [0.25, 0.3) is 0 Å². The van der Waals surface area contributed by atoms with Gasteiger partial charge < -0.3 is 14.6 Å². The SMILES string of the molecule is O=C(OC1CN2CCC1CC2)N1CCc2ccccc2C1c1ccccc1.O=COCCC(=O)O. The van der Waals surface area contributed by atoms with Crippen molar-refractivity contribution in [2.75, 3.05) is 32.8 Å². The molecule has 6 rings (SSSR count). The Bertz CT molecular complexity index is 1010. The molecule has 8 nitrogen and oxygen atoms in total. The van der Waals surface area contributed by atoms with Crippen molar-refractivity contribution < 1.29 is 29.0 Å². The quantitative estimate of drug-likeness (QED) is 0.499. The van der Waals surface area contributed by atoms with Crippen LogP contribution < -0.4 is 0 Å². The Balaban J connectivity index is 0.000000314. The van der Waals surface area contributed by atoms with Crippen LogP contribution in [0.5, 0.6) is 0 Å². The number of benzene rings is 2. The van der Waals surface area contributed by atoms with E-state index in [4.69, 9.17) is 9.84 Å². The first kappa shape index (κ1) is 24.7. The van der Waals surface area contributed by atoms with Crippen LogP contribution in [0, 0.1) is 5.92 Å². The highest BCUT2D eigenvalue weighted by Gasteiger charge is 2.39. The summed E-state index contributed by atoms with van der Waals surface area (Å²) in [4.78, 5) is 36.6. The first-order valence-corrected chi connectivity index (χ1v) is 12.2. The fourth-order valence-corrected chi connectivity index (χ4v) is 5.19. The van der Waals surface area contributed by atoms with E-state index in [1.54, 1.807) is 0 Å². The predicted molar refractivity (Wildman–Crippen MR) is 129 cm³/mol. The molecule has 4 heterocycles. The third-order valence-corrected chi connectivity index (χ3v) is 6.98. The zero-order chi connectivity index (χ0) is 24.6. The van der Waals surface area contributed by atoms with Gasteiger partial charge in [-0.05, 0) is 55.0 Å². The molecule has 0 radical (unpaired) electrons. The summed E-state index contributed by atoms with van der Waals surface area (Å²) in [6, 6.07) is 18.8. The van der Waals surface area contributed by atoms with Gasteiger partial charge in [-0.3, -0.25) is 19.4 Å². The smallest absolute Gasteiger partial charge is 0.410 e. The number of rotatable bonds is 6. The molecule has 0 spiro atoms. The molecule has 3 saturated heterocycles. The number of piperidine rings is 3. The van der Waals surface area contributed by atoms with Gasteiger partial charge in [0.05, 0.1) is 12.5 Å². The molecular weight excluding hydrogens is 448 g/mol. The number of carbonyl (C=O) groups is 3. The molecule has 2 aromatic carbocycles. The highest BCUT2D eigenvalue weighted by Crippen LogP contribution is 2.36. The van der Waals surface area contributed by atoms with Crippen molar-refractivity contribution in [2.24, 2.45) is 5.92 Å². The minimum absolute atomic E-state index is 0.0428. The lowest BCUT2D eigenvalue weighted by atomic mass is 9.86. The minimum atomic E-state index is -0.966. The lowest BCUT2D eigenvalue weighted by molar-refractivity contribution is -0.139. The van der Waals surface area contributed by atoms with Gasteiger partial charge in [-0.25, -0.2) is 4.79 Å². The van der Waals surface area contributed by atoms with Crippen LogP contribution >= 0.6 is 0 Å². The average molecular weight is 481 g/mol. The van der Waals surface area contributed by atoms with Gasteiger partial charge >= 0.3 is 12.1 Å². The topological polar surface area (TPSA) is 96.4 Å². The van der Waals surface area contributed by atoms with Crippen molar-refractivity contribution in [3.8, 4) is 0 Å². The first-order valence-electron chi connectivity index (χ1n) is 12.2. The van der Waals surface area contributed by atoms with Crippen LogP contribution in [0.1, 0.15) is 42.0 Å². The molecule has 1 N–H and O–H groups in total. The van der Waals surface area contributed by atoms with E-state index in [1.807, 2.05) is 23.1 Å². The summed E-state index contributed by atoms with van der Waals surface area (Å²) in [7, 11) is 0. The molecular formula is C27H32N2O6. The number of nitrogens with zero attached hydrogens (tertiary/aromatic N) is 2. The van der Waals surface area contributed by atoms with Crippen LogP contribution in [0.4, 0.5) is 4.79 Å². The number of carbonyl (C=O) groups excluding carboxylic acids is 2. The van der Waals surface area contributed by atoms with E-state index in [1.165, 1.54) is 11.1 Å². The van der Waals surface area contributed by atoms with Gasteiger partial charge in [-0.2, -0.15) is 0 Å². The van der Waals surface area contributed by atoms with E-state index in [0.717, 1.165) is 44.5 Å². The molecule has 0 saturated carbocycles. The van der Waals surface area contributed by atoms with Gasteiger partial charge in [-0.1, -0.05) is 54.6 Å². The summed E-state index contributed by atoms with van der Waals surface area (Å²) in [6.45, 7) is 4.10. The van der Waals surface area contributed by atoms with E-state index in [9.17, 15) is 14.4 Å². The van der Waals surface area contributed by atoms with Crippen molar-refractivity contribution in [1.29, 1.82) is 0 Å². The number of carboxylic acids is 1. The van der Waals surface area contributed by atoms with Crippen molar-refractivity contribution in [2.45, 2.75) is 37.8 Å². The third-order valence-electron chi connectivity index (χ3n) is 6.98. The molecule has 2 aromatic rings. The molecule has 3 fully saturated rings. The van der Waals surface area contributed by atoms with Crippen molar-refractivity contribution in [1.82, 2.24) is 9.80 Å². The zero-order valence-electron chi connectivity index (χ0n) is 19.8. The van der Waals surface area contributed by atoms with Gasteiger partial charge in [0.1, 0.15) is 12.7 Å². The summed E-state index contributed by atoms with van der Waals surface area (Å²) >= 11 is 0. The Morgan fingerprint density at radius 2 is 1.71 bits per heavy atom. The van der Waals surface area contributed by atoms with Crippen LogP contribution in [-0.4, -0.2) is 72.3 Å². The van der Waals surface area contributed by atoms with E-state index in [-0.39, 0.29) is 37.7 Å². The number of fused-ring (bicyclic) bond motifs is 4. The zero-order valence-corrected chi connectivity index (χ0v) is 19.8. The maximum Gasteiger partial charge on any atom is 0.410 e. The molecule has 2 unspecified atom stereocenters. The van der Waals surface area contributed by atoms with E-state index < -0.39 is 5.97 Å². The highest BCUT2D eigenvalue weighted by atomic mass is 16.6. The van der Waals surface area contributed by atoms with Gasteiger partial charge in [0.2, 0.25) is 0 Å². The van der Waals surface area contributed by atoms with Gasteiger partial charge in [0.15, 0.2) is 0 Å². The first-order chi connectivity index (χ1) is 17.1. The number of hydrogen-bond donors (Lipinski definition) is 1. The summed E-state index contributed by atoms with van der Waals surface area (Å²) in [6.07, 6.45) is 2.96. The lowest BCUT2D eigenvalue weighted by Crippen LogP contribution is -2.53. The number of ether oxygens (including phenoxy) is 2. The molecule has 2 bridgehead atoms. The average Bonchev–Trinajstić information content (AvgIpc) is 2.89. The van der Waals surface area contributed by atoms with Crippen LogP contribution in [0.3, 0.4) is 0 Å². The van der Waals surface area contributed by atoms with Crippen molar-refractivity contribution in [3.63, 3.8) is 0 Å². The second-order valence-electron chi connectivity index (χ2n) is 9.13.